The highest BCUT2D eigenvalue weighted by atomic mass is 19.3. The summed E-state index contributed by atoms with van der Waals surface area (Å²) in [5.74, 6) is 2.70. The number of hydrogen-bond donors (Lipinski definition) is 3. The lowest BCUT2D eigenvalue weighted by Gasteiger charge is -2.36. The van der Waals surface area contributed by atoms with Crippen molar-refractivity contribution < 1.29 is 23.5 Å². The van der Waals surface area contributed by atoms with Crippen molar-refractivity contribution in [1.29, 1.82) is 0 Å². The van der Waals surface area contributed by atoms with Crippen LogP contribution >= 0.6 is 0 Å². The summed E-state index contributed by atoms with van der Waals surface area (Å²) in [6, 6.07) is 5.09. The van der Waals surface area contributed by atoms with E-state index in [1.165, 1.54) is 6.20 Å². The Kier molecular flexibility index (Phi) is 10.4. The zero-order chi connectivity index (χ0) is 32.8. The number of aliphatic imine (C=N–C) groups is 1. The topological polar surface area (TPSA) is 127 Å². The summed E-state index contributed by atoms with van der Waals surface area (Å²) in [5, 5.41) is 16.1. The van der Waals surface area contributed by atoms with Crippen LogP contribution in [-0.2, 0) is 11.2 Å². The Morgan fingerprint density at radius 3 is 2.65 bits per heavy atom. The number of piperazine rings is 1. The van der Waals surface area contributed by atoms with Crippen LogP contribution in [0.5, 0.6) is 0 Å². The predicted octanol–water partition coefficient (Wildman–Crippen LogP) is 3.18. The highest BCUT2D eigenvalue weighted by Crippen LogP contribution is 2.27. The smallest absolute Gasteiger partial charge is 0.280 e. The number of rotatable bonds is 10. The number of terminal acetylenes is 1. The Morgan fingerprint density at radius 2 is 2.00 bits per heavy atom. The number of aromatic nitrogens is 3. The summed E-state index contributed by atoms with van der Waals surface area (Å²) in [5.41, 5.74) is 2.90. The first-order valence-electron chi connectivity index (χ1n) is 15.4. The van der Waals surface area contributed by atoms with Crippen LogP contribution in [0, 0.1) is 12.3 Å². The molecule has 4 heterocycles. The molecule has 1 aromatic carbocycles. The molecule has 2 aliphatic heterocycles. The van der Waals surface area contributed by atoms with Crippen LogP contribution < -0.4 is 10.6 Å². The molecular weight excluding hydrogens is 594 g/mol. The number of aliphatic hydroxyl groups is 1. The fourth-order valence-corrected chi connectivity index (χ4v) is 5.88. The van der Waals surface area contributed by atoms with Gasteiger partial charge < -0.3 is 25.5 Å². The molecule has 46 heavy (non-hydrogen) atoms. The zero-order valence-corrected chi connectivity index (χ0v) is 25.9. The number of imidazole rings is 1. The number of nitrogens with one attached hydrogen (secondary N) is 2. The molecule has 0 unspecified atom stereocenters. The van der Waals surface area contributed by atoms with E-state index in [1.807, 2.05) is 13.0 Å². The summed E-state index contributed by atoms with van der Waals surface area (Å²) in [6.07, 6.45) is 9.53. The van der Waals surface area contributed by atoms with Crippen molar-refractivity contribution in [3.05, 3.63) is 59.7 Å². The molecule has 0 bridgehead atoms. The first-order chi connectivity index (χ1) is 22.2. The van der Waals surface area contributed by atoms with E-state index in [1.54, 1.807) is 51.7 Å². The third-order valence-corrected chi connectivity index (χ3v) is 8.28. The van der Waals surface area contributed by atoms with Crippen LogP contribution in [0.2, 0.25) is 0 Å². The molecule has 13 heteroatoms. The molecular formula is C33H38F2N8O3. The first kappa shape index (κ1) is 32.7. The van der Waals surface area contributed by atoms with E-state index in [4.69, 9.17) is 6.42 Å². The summed E-state index contributed by atoms with van der Waals surface area (Å²) in [6.45, 7) is 5.87. The quantitative estimate of drug-likeness (QED) is 0.178. The number of hydrogen-bond acceptors (Lipinski definition) is 8. The van der Waals surface area contributed by atoms with Crippen LogP contribution in [0.1, 0.15) is 48.3 Å². The maximum atomic E-state index is 14.0. The number of halogens is 2. The summed E-state index contributed by atoms with van der Waals surface area (Å²) >= 11 is 0. The van der Waals surface area contributed by atoms with Crippen LogP contribution in [0.15, 0.2) is 47.9 Å². The minimum Gasteiger partial charge on any atom is -0.392 e. The number of carbonyl (C=O) groups excluding carboxylic acids is 2. The zero-order valence-electron chi connectivity index (χ0n) is 25.9. The van der Waals surface area contributed by atoms with Crippen LogP contribution in [-0.4, -0.2) is 105 Å². The van der Waals surface area contributed by atoms with E-state index >= 15 is 0 Å². The van der Waals surface area contributed by atoms with Crippen LogP contribution in [0.25, 0.3) is 11.2 Å². The van der Waals surface area contributed by atoms with E-state index in [9.17, 15) is 23.5 Å². The maximum absolute atomic E-state index is 14.0. The van der Waals surface area contributed by atoms with E-state index in [-0.39, 0.29) is 42.1 Å². The van der Waals surface area contributed by atoms with Crippen molar-refractivity contribution in [2.24, 2.45) is 4.99 Å². The maximum Gasteiger partial charge on any atom is 0.280 e. The Hall–Kier alpha value is -4.67. The average molecular weight is 633 g/mol. The minimum atomic E-state index is -2.79. The van der Waals surface area contributed by atoms with Gasteiger partial charge in [-0.25, -0.2) is 18.7 Å². The lowest BCUT2D eigenvalue weighted by atomic mass is 10.0. The van der Waals surface area contributed by atoms with E-state index in [2.05, 4.69) is 31.5 Å². The van der Waals surface area contributed by atoms with Gasteiger partial charge in [0.1, 0.15) is 5.71 Å². The molecule has 0 spiro atoms. The number of nitrogens with zero attached hydrogens (tertiary/aromatic N) is 6. The number of benzene rings is 1. The van der Waals surface area contributed by atoms with Gasteiger partial charge in [0.05, 0.1) is 30.6 Å². The standard InChI is InChI=1S/C33H38F2N8O3/c1-4-7-10-36-28(29(34)35)24(6-3)27-20-39-31-30(37-11-12-43(27)31)40-22-8-9-25(21(5-2)17-22)32(45)41-13-15-42(16-14-41)33(46)26-18-23(44)19-38-26/h1,6,8-9,11-12,17,20,23,26,29,38,44H,5,7,10,13-16,18-19H2,2-3H3,(H,37,40)/b24-6-,36-28+/t23-,26+/m1/s1. The summed E-state index contributed by atoms with van der Waals surface area (Å²) in [4.78, 5) is 42.8. The fraction of sp³-hybridized carbons (Fsp3) is 0.424. The van der Waals surface area contributed by atoms with Gasteiger partial charge in [-0.05, 0) is 43.5 Å². The molecule has 5 rings (SSSR count). The first-order valence-corrected chi connectivity index (χ1v) is 15.4. The molecule has 2 fully saturated rings. The Balaban J connectivity index is 1.31. The normalized spacial score (nSPS) is 19.2. The average Bonchev–Trinajstić information content (AvgIpc) is 3.71. The third-order valence-electron chi connectivity index (χ3n) is 8.28. The lowest BCUT2D eigenvalue weighted by Crippen LogP contribution is -2.54. The molecule has 11 nitrogen and oxygen atoms in total. The molecule has 2 saturated heterocycles. The van der Waals surface area contributed by atoms with Gasteiger partial charge in [0.2, 0.25) is 5.91 Å². The van der Waals surface area contributed by atoms with E-state index in [0.29, 0.717) is 74.0 Å². The second-order valence-electron chi connectivity index (χ2n) is 11.2. The molecule has 0 radical (unpaired) electrons. The van der Waals surface area contributed by atoms with Crippen molar-refractivity contribution in [2.75, 3.05) is 44.6 Å². The molecule has 242 valence electrons. The molecule has 2 aromatic heterocycles. The number of amides is 2. The van der Waals surface area contributed by atoms with E-state index in [0.717, 1.165) is 5.56 Å². The number of allylic oxidation sites excluding steroid dienone is 2. The van der Waals surface area contributed by atoms with Gasteiger partial charge in [-0.3, -0.25) is 19.0 Å². The number of alkyl halides is 2. The molecule has 0 saturated carbocycles. The highest BCUT2D eigenvalue weighted by molar-refractivity contribution is 6.25. The Labute approximate surface area is 266 Å². The van der Waals surface area contributed by atoms with Crippen molar-refractivity contribution in [2.45, 2.75) is 51.7 Å². The fourth-order valence-electron chi connectivity index (χ4n) is 5.88. The highest BCUT2D eigenvalue weighted by Gasteiger charge is 2.34. The molecule has 3 N–H and O–H groups in total. The van der Waals surface area contributed by atoms with Crippen molar-refractivity contribution >= 4 is 40.3 Å². The van der Waals surface area contributed by atoms with E-state index < -0.39 is 12.5 Å². The minimum absolute atomic E-state index is 0.0360. The Morgan fingerprint density at radius 1 is 1.24 bits per heavy atom. The number of aryl methyl sites for hydroxylation is 1. The van der Waals surface area contributed by atoms with Crippen molar-refractivity contribution in [3.8, 4) is 12.3 Å². The number of β-amino-alcohol motifs (C(OH)–C–C–N with tert-alkyl or cyclic N) is 1. The van der Waals surface area contributed by atoms with Gasteiger partial charge in [-0.1, -0.05) is 13.0 Å². The van der Waals surface area contributed by atoms with Gasteiger partial charge >= 0.3 is 0 Å². The monoisotopic (exact) mass is 632 g/mol. The van der Waals surface area contributed by atoms with Crippen molar-refractivity contribution in [3.63, 3.8) is 0 Å². The molecule has 2 atom stereocenters. The van der Waals surface area contributed by atoms with Gasteiger partial charge in [-0.2, -0.15) is 0 Å². The van der Waals surface area contributed by atoms with Gasteiger partial charge in [0, 0.05) is 68.4 Å². The number of aliphatic hydroxyl groups excluding tert-OH is 1. The molecule has 3 aromatic rings. The van der Waals surface area contributed by atoms with Crippen molar-refractivity contribution in [1.82, 2.24) is 29.5 Å². The lowest BCUT2D eigenvalue weighted by molar-refractivity contribution is -0.134. The van der Waals surface area contributed by atoms with Crippen LogP contribution in [0.3, 0.4) is 0 Å². The second-order valence-corrected chi connectivity index (χ2v) is 11.2. The summed E-state index contributed by atoms with van der Waals surface area (Å²) in [7, 11) is 0. The SMILES string of the molecule is C#CCC/N=C(\C(=C/C)c1cnc2c(Nc3ccc(C(=O)N4CCN(C(=O)[C@@H]5C[C@@H](O)CN5)CC4)c(CC)c3)nccn12)C(F)F. The summed E-state index contributed by atoms with van der Waals surface area (Å²) < 4.78 is 29.7. The number of anilines is 2. The van der Waals surface area contributed by atoms with Gasteiger partial charge in [0.15, 0.2) is 11.5 Å². The predicted molar refractivity (Wildman–Crippen MR) is 172 cm³/mol. The number of fused-ring (bicyclic) bond motifs is 1. The largest absolute Gasteiger partial charge is 0.392 e. The third kappa shape index (κ3) is 6.93. The molecule has 2 aliphatic rings. The Bertz CT molecular complexity index is 1690. The molecule has 0 aliphatic carbocycles. The number of carbonyl (C=O) groups is 2. The van der Waals surface area contributed by atoms with Crippen LogP contribution in [0.4, 0.5) is 20.3 Å². The van der Waals surface area contributed by atoms with Gasteiger partial charge in [-0.15, -0.1) is 12.3 Å². The molecule has 2 amide bonds. The van der Waals surface area contributed by atoms with Gasteiger partial charge in [0.25, 0.3) is 12.3 Å². The second kappa shape index (κ2) is 14.6.